The summed E-state index contributed by atoms with van der Waals surface area (Å²) >= 11 is 0. The molecule has 2 amide bonds. The van der Waals surface area contributed by atoms with Gasteiger partial charge in [0.25, 0.3) is 5.91 Å². The molecule has 27 heavy (non-hydrogen) atoms. The van der Waals surface area contributed by atoms with Crippen LogP contribution in [0, 0.1) is 0 Å². The lowest BCUT2D eigenvalue weighted by Gasteiger charge is -2.28. The SMILES string of the molecule is CCC(=O)Nc1cccc(C(=O)NCC(c2ccccc2)N2CCCC2)c1. The molecule has 2 aromatic carbocycles. The lowest BCUT2D eigenvalue weighted by atomic mass is 10.1. The number of benzene rings is 2. The van der Waals surface area contributed by atoms with Gasteiger partial charge in [-0.15, -0.1) is 0 Å². The van der Waals surface area contributed by atoms with Crippen LogP contribution in [0.4, 0.5) is 5.69 Å². The molecule has 0 aromatic heterocycles. The maximum absolute atomic E-state index is 12.7. The number of carbonyl (C=O) groups is 2. The molecule has 1 heterocycles. The zero-order valence-corrected chi connectivity index (χ0v) is 15.8. The van der Waals surface area contributed by atoms with Crippen molar-refractivity contribution in [3.05, 3.63) is 65.7 Å². The third-order valence-electron chi connectivity index (χ3n) is 4.95. The Morgan fingerprint density at radius 2 is 1.78 bits per heavy atom. The predicted octanol–water partition coefficient (Wildman–Crippen LogP) is 3.60. The van der Waals surface area contributed by atoms with Gasteiger partial charge < -0.3 is 10.6 Å². The van der Waals surface area contributed by atoms with Gasteiger partial charge in [0.05, 0.1) is 6.04 Å². The van der Waals surface area contributed by atoms with E-state index in [9.17, 15) is 9.59 Å². The quantitative estimate of drug-likeness (QED) is 0.788. The average molecular weight is 365 g/mol. The number of hydrogen-bond acceptors (Lipinski definition) is 3. The van der Waals surface area contributed by atoms with E-state index in [4.69, 9.17) is 0 Å². The fraction of sp³-hybridized carbons (Fsp3) is 0.364. The Bertz CT molecular complexity index is 770. The van der Waals surface area contributed by atoms with Crippen LogP contribution < -0.4 is 10.6 Å². The van der Waals surface area contributed by atoms with Crippen molar-refractivity contribution in [2.24, 2.45) is 0 Å². The summed E-state index contributed by atoms with van der Waals surface area (Å²) in [7, 11) is 0. The Labute approximate surface area is 160 Å². The van der Waals surface area contributed by atoms with Gasteiger partial charge in [0, 0.05) is 24.2 Å². The van der Waals surface area contributed by atoms with Gasteiger partial charge in [-0.05, 0) is 49.7 Å². The molecule has 1 aliphatic heterocycles. The predicted molar refractivity (Wildman–Crippen MR) is 108 cm³/mol. The van der Waals surface area contributed by atoms with Crippen molar-refractivity contribution in [3.63, 3.8) is 0 Å². The van der Waals surface area contributed by atoms with Crippen LogP contribution in [0.25, 0.3) is 0 Å². The van der Waals surface area contributed by atoms with Gasteiger partial charge in [0.1, 0.15) is 0 Å². The summed E-state index contributed by atoms with van der Waals surface area (Å²) in [5.74, 6) is -0.187. The van der Waals surface area contributed by atoms with Gasteiger partial charge in [-0.2, -0.15) is 0 Å². The summed E-state index contributed by atoms with van der Waals surface area (Å²) in [5.41, 5.74) is 2.43. The molecule has 142 valence electrons. The molecular formula is C22H27N3O2. The summed E-state index contributed by atoms with van der Waals surface area (Å²) in [6.45, 7) is 4.49. The highest BCUT2D eigenvalue weighted by atomic mass is 16.2. The molecule has 2 aromatic rings. The van der Waals surface area contributed by atoms with E-state index in [0.717, 1.165) is 13.1 Å². The highest BCUT2D eigenvalue weighted by Gasteiger charge is 2.24. The van der Waals surface area contributed by atoms with E-state index < -0.39 is 0 Å². The Morgan fingerprint density at radius 1 is 1.04 bits per heavy atom. The molecule has 1 saturated heterocycles. The Kier molecular flexibility index (Phi) is 6.60. The van der Waals surface area contributed by atoms with Crippen molar-refractivity contribution < 1.29 is 9.59 Å². The lowest BCUT2D eigenvalue weighted by Crippen LogP contribution is -2.36. The van der Waals surface area contributed by atoms with Crippen LogP contribution >= 0.6 is 0 Å². The smallest absolute Gasteiger partial charge is 0.251 e. The molecular weight excluding hydrogens is 338 g/mol. The third kappa shape index (κ3) is 5.17. The van der Waals surface area contributed by atoms with E-state index in [1.807, 2.05) is 18.2 Å². The summed E-state index contributed by atoms with van der Waals surface area (Å²) in [4.78, 5) is 26.7. The second kappa shape index (κ2) is 9.33. The van der Waals surface area contributed by atoms with Crippen molar-refractivity contribution in [1.29, 1.82) is 0 Å². The molecule has 1 fully saturated rings. The molecule has 1 aliphatic rings. The first kappa shape index (κ1) is 19.1. The minimum Gasteiger partial charge on any atom is -0.350 e. The van der Waals surface area contributed by atoms with Crippen LogP contribution in [0.15, 0.2) is 54.6 Å². The minimum atomic E-state index is -0.122. The Balaban J connectivity index is 1.67. The second-order valence-electron chi connectivity index (χ2n) is 6.86. The zero-order chi connectivity index (χ0) is 19.1. The molecule has 3 rings (SSSR count). The molecule has 0 spiro atoms. The number of amides is 2. The molecule has 0 aliphatic carbocycles. The minimum absolute atomic E-state index is 0.0641. The number of nitrogens with zero attached hydrogens (tertiary/aromatic N) is 1. The number of hydrogen-bond donors (Lipinski definition) is 2. The van der Waals surface area contributed by atoms with E-state index in [1.54, 1.807) is 31.2 Å². The van der Waals surface area contributed by atoms with Crippen molar-refractivity contribution in [3.8, 4) is 0 Å². The summed E-state index contributed by atoms with van der Waals surface area (Å²) in [6.07, 6.45) is 2.82. The first-order valence-corrected chi connectivity index (χ1v) is 9.64. The third-order valence-corrected chi connectivity index (χ3v) is 4.95. The topological polar surface area (TPSA) is 61.4 Å². The fourth-order valence-corrected chi connectivity index (χ4v) is 3.47. The Morgan fingerprint density at radius 3 is 2.48 bits per heavy atom. The molecule has 5 heteroatoms. The monoisotopic (exact) mass is 365 g/mol. The van der Waals surface area contributed by atoms with Gasteiger partial charge in [-0.3, -0.25) is 14.5 Å². The van der Waals surface area contributed by atoms with Gasteiger partial charge >= 0.3 is 0 Å². The second-order valence-corrected chi connectivity index (χ2v) is 6.86. The largest absolute Gasteiger partial charge is 0.350 e. The number of anilines is 1. The molecule has 5 nitrogen and oxygen atoms in total. The zero-order valence-electron chi connectivity index (χ0n) is 15.8. The van der Waals surface area contributed by atoms with Crippen LogP contribution in [-0.2, 0) is 4.79 Å². The molecule has 0 saturated carbocycles. The van der Waals surface area contributed by atoms with Gasteiger partial charge in [0.2, 0.25) is 5.91 Å². The van der Waals surface area contributed by atoms with Crippen molar-refractivity contribution in [2.45, 2.75) is 32.2 Å². The highest BCUT2D eigenvalue weighted by Crippen LogP contribution is 2.24. The van der Waals surface area contributed by atoms with Crippen molar-refractivity contribution >= 4 is 17.5 Å². The van der Waals surface area contributed by atoms with Gasteiger partial charge in [-0.1, -0.05) is 43.3 Å². The standard InChI is InChI=1S/C22H27N3O2/c1-2-21(26)24-19-12-8-11-18(15-19)22(27)23-16-20(25-13-6-7-14-25)17-9-4-3-5-10-17/h3-5,8-12,15,20H,2,6-7,13-14,16H2,1H3,(H,23,27)(H,24,26). The number of rotatable bonds is 7. The van der Waals surface area contributed by atoms with E-state index >= 15 is 0 Å². The average Bonchev–Trinajstić information content (AvgIpc) is 3.23. The first-order chi connectivity index (χ1) is 13.2. The van der Waals surface area contributed by atoms with Crippen LogP contribution in [0.5, 0.6) is 0 Å². The van der Waals surface area contributed by atoms with Crippen LogP contribution in [0.3, 0.4) is 0 Å². The van der Waals surface area contributed by atoms with Crippen LogP contribution in [0.2, 0.25) is 0 Å². The lowest BCUT2D eigenvalue weighted by molar-refractivity contribution is -0.115. The maximum Gasteiger partial charge on any atom is 0.251 e. The van der Waals surface area contributed by atoms with E-state index in [1.165, 1.54) is 18.4 Å². The number of likely N-dealkylation sites (tertiary alicyclic amines) is 1. The maximum atomic E-state index is 12.7. The molecule has 1 atom stereocenters. The normalized spacial score (nSPS) is 15.3. The van der Waals surface area contributed by atoms with Crippen LogP contribution in [0.1, 0.15) is 48.1 Å². The molecule has 1 unspecified atom stereocenters. The summed E-state index contributed by atoms with van der Waals surface area (Å²) in [6, 6.07) is 17.6. The van der Waals surface area contributed by atoms with Gasteiger partial charge in [0.15, 0.2) is 0 Å². The first-order valence-electron chi connectivity index (χ1n) is 9.64. The van der Waals surface area contributed by atoms with E-state index in [0.29, 0.717) is 24.2 Å². The van der Waals surface area contributed by atoms with Gasteiger partial charge in [-0.25, -0.2) is 0 Å². The highest BCUT2D eigenvalue weighted by molar-refractivity contribution is 5.97. The van der Waals surface area contributed by atoms with Crippen LogP contribution in [-0.4, -0.2) is 36.3 Å². The van der Waals surface area contributed by atoms with E-state index in [-0.39, 0.29) is 17.9 Å². The summed E-state index contributed by atoms with van der Waals surface area (Å²) < 4.78 is 0. The number of carbonyl (C=O) groups excluding carboxylic acids is 2. The molecule has 0 bridgehead atoms. The van der Waals surface area contributed by atoms with E-state index in [2.05, 4.69) is 27.7 Å². The summed E-state index contributed by atoms with van der Waals surface area (Å²) in [5, 5.41) is 5.87. The fourth-order valence-electron chi connectivity index (χ4n) is 3.47. The number of nitrogens with one attached hydrogen (secondary N) is 2. The van der Waals surface area contributed by atoms with Crippen molar-refractivity contribution in [1.82, 2.24) is 10.2 Å². The Hall–Kier alpha value is -2.66. The van der Waals surface area contributed by atoms with Crippen molar-refractivity contribution in [2.75, 3.05) is 25.0 Å². The molecule has 0 radical (unpaired) electrons. The molecule has 2 N–H and O–H groups in total.